The van der Waals surface area contributed by atoms with Gasteiger partial charge in [0.2, 0.25) is 0 Å². The van der Waals surface area contributed by atoms with E-state index in [2.05, 4.69) is 8.37 Å². The van der Waals surface area contributed by atoms with E-state index in [9.17, 15) is 43.2 Å². The predicted molar refractivity (Wildman–Crippen MR) is 76.3 cm³/mol. The van der Waals surface area contributed by atoms with Gasteiger partial charge in [0.15, 0.2) is 0 Å². The van der Waals surface area contributed by atoms with E-state index in [4.69, 9.17) is 0 Å². The topological polar surface area (TPSA) is 86.7 Å². The molecule has 0 heterocycles. The van der Waals surface area contributed by atoms with Crippen LogP contribution in [-0.2, 0) is 54.8 Å². The molecule has 0 amide bonds. The summed E-state index contributed by atoms with van der Waals surface area (Å²) < 4.78 is 120. The van der Waals surface area contributed by atoms with Crippen LogP contribution in [0.1, 0.15) is 0 Å². The molecule has 0 fully saturated rings. The van der Waals surface area contributed by atoms with Crippen molar-refractivity contribution >= 4 is 20.2 Å². The molecule has 27 heavy (non-hydrogen) atoms. The van der Waals surface area contributed by atoms with Gasteiger partial charge in [0.05, 0.1) is 0 Å². The van der Waals surface area contributed by atoms with Crippen molar-refractivity contribution in [3.63, 3.8) is 0 Å². The van der Waals surface area contributed by atoms with Crippen LogP contribution in [-0.4, -0.2) is 40.1 Å². The average Bonchev–Trinajstić information content (AvgIpc) is 3.09. The monoisotopic (exact) mass is 518 g/mol. The first kappa shape index (κ1) is 26.2. The molecule has 0 bridgehead atoms. The average molecular weight is 520 g/mol. The van der Waals surface area contributed by atoms with Crippen LogP contribution in [0, 0.1) is 0 Å². The van der Waals surface area contributed by atoms with Crippen LogP contribution >= 0.6 is 0 Å². The molecule has 15 heteroatoms. The van der Waals surface area contributed by atoms with Crippen LogP contribution in [0.25, 0.3) is 0 Å². The first-order valence-corrected chi connectivity index (χ1v) is 9.16. The zero-order valence-electron chi connectivity index (χ0n) is 12.8. The van der Waals surface area contributed by atoms with E-state index in [0.717, 1.165) is 0 Å². The van der Waals surface area contributed by atoms with Crippen molar-refractivity contribution in [2.75, 3.05) is 0 Å². The molecule has 0 saturated carbocycles. The smallest absolute Gasteiger partial charge is 0.251 e. The van der Waals surface area contributed by atoms with Crippen molar-refractivity contribution in [1.82, 2.24) is 0 Å². The van der Waals surface area contributed by atoms with E-state index >= 15 is 0 Å². The van der Waals surface area contributed by atoms with Crippen molar-refractivity contribution < 1.29 is 77.7 Å². The largest absolute Gasteiger partial charge is 0.523 e. The Balaban J connectivity index is 0.000000483. The minimum Gasteiger partial charge on any atom is -0.251 e. The van der Waals surface area contributed by atoms with Crippen LogP contribution < -0.4 is 0 Å². The zero-order valence-corrected chi connectivity index (χ0v) is 16.9. The quantitative estimate of drug-likeness (QED) is 0.323. The maximum atomic E-state index is 11.7. The maximum Gasteiger partial charge on any atom is 0.523 e. The number of hydrogen-bond acceptors (Lipinski definition) is 6. The summed E-state index contributed by atoms with van der Waals surface area (Å²) in [5, 5.41) is 0. The van der Waals surface area contributed by atoms with Gasteiger partial charge >= 0.3 is 31.3 Å². The Morgan fingerprint density at radius 1 is 0.593 bits per heavy atom. The van der Waals surface area contributed by atoms with Crippen molar-refractivity contribution in [3.05, 3.63) is 48.6 Å². The normalized spacial score (nSPS) is 17.7. The van der Waals surface area contributed by atoms with Crippen molar-refractivity contribution in [2.24, 2.45) is 0 Å². The molecule has 0 aromatic rings. The summed E-state index contributed by atoms with van der Waals surface area (Å²) in [5.41, 5.74) is -10.7. The van der Waals surface area contributed by atoms with Gasteiger partial charge in [-0.3, -0.25) is 8.37 Å². The van der Waals surface area contributed by atoms with E-state index in [1.165, 1.54) is 48.6 Å². The number of hydrogen-bond donors (Lipinski definition) is 0. The molecular formula is C12H10F6O6S2Zr. The third kappa shape index (κ3) is 8.02. The summed E-state index contributed by atoms with van der Waals surface area (Å²) in [6, 6.07) is 0. The Labute approximate surface area is 169 Å². The molecule has 0 spiro atoms. The number of alkyl halides is 6. The van der Waals surface area contributed by atoms with Gasteiger partial charge in [-0.05, 0) is 0 Å². The summed E-state index contributed by atoms with van der Waals surface area (Å²) in [7, 11) is -11.0. The molecule has 0 atom stereocenters. The minimum absolute atomic E-state index is 0. The van der Waals surface area contributed by atoms with E-state index < -0.39 is 43.5 Å². The Hall–Kier alpha value is -0.757. The molecular weight excluding hydrogens is 509 g/mol. The molecule has 0 saturated heterocycles. The molecule has 0 N–H and O–H groups in total. The third-order valence-electron chi connectivity index (χ3n) is 2.47. The standard InChI is InChI=1S/2C6H5F3O3S.Zr/c2*7-6(8,9)13(10,11)12-5-3-1-2-4-5;/h2*1-5H;. The molecule has 0 aromatic heterocycles. The van der Waals surface area contributed by atoms with Gasteiger partial charge in [0.1, 0.15) is 12.2 Å². The van der Waals surface area contributed by atoms with Gasteiger partial charge in [-0.15, -0.1) is 0 Å². The maximum absolute atomic E-state index is 11.7. The molecule has 0 unspecified atom stereocenters. The summed E-state index contributed by atoms with van der Waals surface area (Å²) in [6.45, 7) is 0. The van der Waals surface area contributed by atoms with Gasteiger partial charge in [-0.2, -0.15) is 43.2 Å². The Morgan fingerprint density at radius 2 is 0.815 bits per heavy atom. The number of halogens is 6. The Kier molecular flexibility index (Phi) is 9.36. The van der Waals surface area contributed by atoms with Crippen LogP contribution in [0.15, 0.2) is 48.6 Å². The molecule has 6 nitrogen and oxygen atoms in total. The molecule has 2 rings (SSSR count). The SMILES string of the molecule is O=S(=O)(OC1C=CC=C1)C(F)(F)F.O=S(=O)(OC1C=CC=C1)C(F)(F)F.[Zr]. The van der Waals surface area contributed by atoms with Crippen LogP contribution in [0.3, 0.4) is 0 Å². The van der Waals surface area contributed by atoms with Crippen molar-refractivity contribution in [2.45, 2.75) is 23.2 Å². The third-order valence-corrected chi connectivity index (χ3v) is 4.55. The fraction of sp³-hybridized carbons (Fsp3) is 0.333. The Morgan fingerprint density at radius 3 is 1.00 bits per heavy atom. The second-order valence-electron chi connectivity index (χ2n) is 4.46. The fourth-order valence-corrected chi connectivity index (χ4v) is 2.41. The van der Waals surface area contributed by atoms with Gasteiger partial charge < -0.3 is 0 Å². The zero-order chi connectivity index (χ0) is 20.2. The van der Waals surface area contributed by atoms with Gasteiger partial charge in [-0.1, -0.05) is 48.6 Å². The van der Waals surface area contributed by atoms with Crippen LogP contribution in [0.4, 0.5) is 26.3 Å². The summed E-state index contributed by atoms with van der Waals surface area (Å²) >= 11 is 0. The number of rotatable bonds is 4. The predicted octanol–water partition coefficient (Wildman–Crippen LogP) is 2.69. The second kappa shape index (κ2) is 9.63. The minimum atomic E-state index is -5.48. The van der Waals surface area contributed by atoms with Crippen molar-refractivity contribution in [3.8, 4) is 0 Å². The van der Waals surface area contributed by atoms with Gasteiger partial charge in [0, 0.05) is 26.2 Å². The molecule has 152 valence electrons. The molecule has 2 aliphatic carbocycles. The van der Waals surface area contributed by atoms with Crippen LogP contribution in [0.5, 0.6) is 0 Å². The van der Waals surface area contributed by atoms with E-state index in [1.54, 1.807) is 0 Å². The van der Waals surface area contributed by atoms with Gasteiger partial charge in [0.25, 0.3) is 0 Å². The molecule has 2 aliphatic rings. The summed E-state index contributed by atoms with van der Waals surface area (Å²) in [4.78, 5) is 0. The Bertz CT molecular complexity index is 729. The fourth-order valence-electron chi connectivity index (χ4n) is 1.35. The van der Waals surface area contributed by atoms with E-state index in [0.29, 0.717) is 0 Å². The number of allylic oxidation sites excluding steroid dienone is 4. The molecule has 0 aliphatic heterocycles. The summed E-state index contributed by atoms with van der Waals surface area (Å²) in [6.07, 6.45) is 8.10. The van der Waals surface area contributed by atoms with E-state index in [1.807, 2.05) is 0 Å². The molecule has 0 radical (unpaired) electrons. The van der Waals surface area contributed by atoms with Crippen LogP contribution in [0.2, 0.25) is 0 Å². The first-order valence-electron chi connectivity index (χ1n) is 6.35. The second-order valence-corrected chi connectivity index (χ2v) is 7.59. The van der Waals surface area contributed by atoms with Crippen molar-refractivity contribution in [1.29, 1.82) is 0 Å². The summed E-state index contributed by atoms with van der Waals surface area (Å²) in [5.74, 6) is 0. The van der Waals surface area contributed by atoms with Gasteiger partial charge in [-0.25, -0.2) is 0 Å². The van der Waals surface area contributed by atoms with E-state index in [-0.39, 0.29) is 26.2 Å². The first-order chi connectivity index (χ1) is 11.7. The molecule has 0 aromatic carbocycles.